The van der Waals surface area contributed by atoms with Gasteiger partial charge in [-0.05, 0) is 68.9 Å². The van der Waals surface area contributed by atoms with Crippen LogP contribution in [-0.2, 0) is 4.79 Å². The van der Waals surface area contributed by atoms with E-state index in [-0.39, 0.29) is 23.7 Å². The van der Waals surface area contributed by atoms with Crippen molar-refractivity contribution in [1.29, 1.82) is 0 Å². The number of carbonyl (C=O) groups is 1. The zero-order valence-electron chi connectivity index (χ0n) is 17.9. The molecular formula is C24H31FN4O. The number of amides is 1. The van der Waals surface area contributed by atoms with Crippen LogP contribution in [0.2, 0.25) is 0 Å². The lowest BCUT2D eigenvalue weighted by Crippen LogP contribution is -2.50. The van der Waals surface area contributed by atoms with Gasteiger partial charge in [-0.15, -0.1) is 0 Å². The van der Waals surface area contributed by atoms with E-state index in [1.54, 1.807) is 6.07 Å². The van der Waals surface area contributed by atoms with Crippen molar-refractivity contribution in [1.82, 2.24) is 10.3 Å². The number of rotatable bonds is 4. The van der Waals surface area contributed by atoms with Crippen LogP contribution in [0.4, 0.5) is 15.9 Å². The number of piperidine rings is 2. The Morgan fingerprint density at radius 2 is 1.80 bits per heavy atom. The Labute approximate surface area is 178 Å². The molecule has 0 aliphatic carbocycles. The van der Waals surface area contributed by atoms with Gasteiger partial charge in [0.2, 0.25) is 5.91 Å². The topological polar surface area (TPSA) is 48.5 Å². The lowest BCUT2D eigenvalue weighted by molar-refractivity contribution is -0.126. The molecule has 2 fully saturated rings. The van der Waals surface area contributed by atoms with Gasteiger partial charge in [-0.3, -0.25) is 4.79 Å². The van der Waals surface area contributed by atoms with Crippen LogP contribution in [0.3, 0.4) is 0 Å². The van der Waals surface area contributed by atoms with E-state index in [0.717, 1.165) is 62.3 Å². The van der Waals surface area contributed by atoms with E-state index in [2.05, 4.69) is 32.2 Å². The fourth-order valence-electron chi connectivity index (χ4n) is 4.52. The predicted molar refractivity (Wildman–Crippen MR) is 118 cm³/mol. The molecule has 0 spiro atoms. The maximum Gasteiger partial charge on any atom is 0.223 e. The number of nitrogens with one attached hydrogen (secondary N) is 1. The molecule has 2 aromatic rings. The average molecular weight is 411 g/mol. The van der Waals surface area contributed by atoms with E-state index in [9.17, 15) is 9.18 Å². The molecule has 5 nitrogen and oxygen atoms in total. The molecule has 1 unspecified atom stereocenters. The zero-order chi connectivity index (χ0) is 21.1. The van der Waals surface area contributed by atoms with Crippen molar-refractivity contribution < 1.29 is 9.18 Å². The maximum atomic E-state index is 14.3. The highest BCUT2D eigenvalue weighted by Gasteiger charge is 2.29. The van der Waals surface area contributed by atoms with E-state index in [4.69, 9.17) is 0 Å². The quantitative estimate of drug-likeness (QED) is 0.832. The summed E-state index contributed by atoms with van der Waals surface area (Å²) in [6.07, 6.45) is 5.46. The summed E-state index contributed by atoms with van der Waals surface area (Å²) in [7, 11) is 0. The van der Waals surface area contributed by atoms with Crippen LogP contribution in [0.15, 0.2) is 36.5 Å². The van der Waals surface area contributed by atoms with Gasteiger partial charge in [0.1, 0.15) is 11.6 Å². The molecule has 3 heterocycles. The van der Waals surface area contributed by atoms with Crippen molar-refractivity contribution in [3.8, 4) is 0 Å². The summed E-state index contributed by atoms with van der Waals surface area (Å²) in [5.74, 6) is 0.980. The highest BCUT2D eigenvalue weighted by Crippen LogP contribution is 2.26. The first-order chi connectivity index (χ1) is 14.5. The van der Waals surface area contributed by atoms with Gasteiger partial charge in [0, 0.05) is 44.3 Å². The van der Waals surface area contributed by atoms with E-state index in [0.29, 0.717) is 12.2 Å². The summed E-state index contributed by atoms with van der Waals surface area (Å²) in [4.78, 5) is 21.7. The van der Waals surface area contributed by atoms with Crippen LogP contribution in [-0.4, -0.2) is 43.1 Å². The molecule has 6 heteroatoms. The predicted octanol–water partition coefficient (Wildman–Crippen LogP) is 3.84. The molecule has 30 heavy (non-hydrogen) atoms. The van der Waals surface area contributed by atoms with Gasteiger partial charge >= 0.3 is 0 Å². The second kappa shape index (κ2) is 9.02. The number of carbonyl (C=O) groups excluding carboxylic acids is 1. The number of hydrogen-bond donors (Lipinski definition) is 1. The summed E-state index contributed by atoms with van der Waals surface area (Å²) < 4.78 is 14.3. The van der Waals surface area contributed by atoms with Gasteiger partial charge in [-0.1, -0.05) is 12.1 Å². The highest BCUT2D eigenvalue weighted by molar-refractivity contribution is 5.79. The number of aromatic nitrogens is 1. The smallest absolute Gasteiger partial charge is 0.223 e. The summed E-state index contributed by atoms with van der Waals surface area (Å²) in [6, 6.07) is 9.42. The van der Waals surface area contributed by atoms with Gasteiger partial charge < -0.3 is 15.1 Å². The number of hydrogen-bond acceptors (Lipinski definition) is 4. The minimum atomic E-state index is -0.190. The molecule has 0 saturated carbocycles. The molecule has 2 aliphatic heterocycles. The Morgan fingerprint density at radius 3 is 2.53 bits per heavy atom. The normalized spacial score (nSPS) is 20.3. The third kappa shape index (κ3) is 4.74. The standard InChI is InChI=1S/C24H31FN4O/c1-17-5-7-21(25)22(14-17)29-11-3-4-20(16-29)27-24(30)19-9-12-28(13-10-19)23-8-6-18(2)15-26-23/h5-8,14-15,19-20H,3-4,9-13,16H2,1-2H3,(H,27,30). The Hall–Kier alpha value is -2.63. The van der Waals surface area contributed by atoms with Crippen LogP contribution in [0.1, 0.15) is 36.8 Å². The number of benzene rings is 1. The second-order valence-corrected chi connectivity index (χ2v) is 8.70. The van der Waals surface area contributed by atoms with E-state index in [1.807, 2.05) is 26.1 Å². The number of aryl methyl sites for hydroxylation is 2. The van der Waals surface area contributed by atoms with Crippen LogP contribution in [0, 0.1) is 25.6 Å². The largest absolute Gasteiger partial charge is 0.367 e. The van der Waals surface area contributed by atoms with Gasteiger partial charge in [-0.2, -0.15) is 0 Å². The fourth-order valence-corrected chi connectivity index (χ4v) is 4.52. The van der Waals surface area contributed by atoms with Crippen molar-refractivity contribution in [2.45, 2.75) is 45.6 Å². The van der Waals surface area contributed by atoms with Crippen LogP contribution in [0.5, 0.6) is 0 Å². The molecule has 4 rings (SSSR count). The molecule has 0 radical (unpaired) electrons. The summed E-state index contributed by atoms with van der Waals surface area (Å²) in [5.41, 5.74) is 2.85. The molecular weight excluding hydrogens is 379 g/mol. The molecule has 0 bridgehead atoms. The maximum absolute atomic E-state index is 14.3. The molecule has 1 N–H and O–H groups in total. The van der Waals surface area contributed by atoms with Gasteiger partial charge in [0.25, 0.3) is 0 Å². The third-order valence-electron chi connectivity index (χ3n) is 6.30. The molecule has 1 aromatic carbocycles. The van der Waals surface area contributed by atoms with E-state index < -0.39 is 0 Å². The molecule has 2 saturated heterocycles. The summed E-state index contributed by atoms with van der Waals surface area (Å²) >= 11 is 0. The number of nitrogens with zero attached hydrogens (tertiary/aromatic N) is 3. The van der Waals surface area contributed by atoms with E-state index in [1.165, 1.54) is 6.07 Å². The molecule has 2 aliphatic rings. The SMILES string of the molecule is Cc1ccc(N2CCC(C(=O)NC3CCCN(c4cc(C)ccc4F)C3)CC2)nc1. The van der Waals surface area contributed by atoms with Gasteiger partial charge in [0.15, 0.2) is 0 Å². The number of halogens is 1. The third-order valence-corrected chi connectivity index (χ3v) is 6.30. The summed E-state index contributed by atoms with van der Waals surface area (Å²) in [6.45, 7) is 7.20. The molecule has 1 aromatic heterocycles. The minimum Gasteiger partial charge on any atom is -0.367 e. The first-order valence-electron chi connectivity index (χ1n) is 11.0. The second-order valence-electron chi connectivity index (χ2n) is 8.70. The number of pyridine rings is 1. The fraction of sp³-hybridized carbons (Fsp3) is 0.500. The highest BCUT2D eigenvalue weighted by atomic mass is 19.1. The monoisotopic (exact) mass is 410 g/mol. The first-order valence-corrected chi connectivity index (χ1v) is 11.0. The Bertz CT molecular complexity index is 877. The lowest BCUT2D eigenvalue weighted by Gasteiger charge is -2.37. The summed E-state index contributed by atoms with van der Waals surface area (Å²) in [5, 5.41) is 3.25. The van der Waals surface area contributed by atoms with Gasteiger partial charge in [-0.25, -0.2) is 9.37 Å². The molecule has 1 atom stereocenters. The van der Waals surface area contributed by atoms with Crippen LogP contribution in [0.25, 0.3) is 0 Å². The number of anilines is 2. The van der Waals surface area contributed by atoms with Crippen molar-refractivity contribution in [2.75, 3.05) is 36.0 Å². The lowest BCUT2D eigenvalue weighted by atomic mass is 9.94. The zero-order valence-corrected chi connectivity index (χ0v) is 17.9. The Kier molecular flexibility index (Phi) is 6.21. The van der Waals surface area contributed by atoms with Crippen LogP contribution < -0.4 is 15.1 Å². The van der Waals surface area contributed by atoms with Crippen LogP contribution >= 0.6 is 0 Å². The first kappa shape index (κ1) is 20.6. The Morgan fingerprint density at radius 1 is 1.03 bits per heavy atom. The van der Waals surface area contributed by atoms with Crippen molar-refractivity contribution in [2.24, 2.45) is 5.92 Å². The Balaban J connectivity index is 1.31. The molecule has 160 valence electrons. The molecule has 1 amide bonds. The average Bonchev–Trinajstić information content (AvgIpc) is 2.76. The van der Waals surface area contributed by atoms with Crippen molar-refractivity contribution in [3.05, 3.63) is 53.5 Å². The minimum absolute atomic E-state index is 0.0396. The van der Waals surface area contributed by atoms with Crippen molar-refractivity contribution in [3.63, 3.8) is 0 Å². The van der Waals surface area contributed by atoms with E-state index >= 15 is 0 Å². The van der Waals surface area contributed by atoms with Gasteiger partial charge in [0.05, 0.1) is 5.69 Å². The van der Waals surface area contributed by atoms with Crippen molar-refractivity contribution >= 4 is 17.4 Å².